The normalized spacial score (nSPS) is 21.1. The third kappa shape index (κ3) is 2.47. The molecule has 0 unspecified atom stereocenters. The SMILES string of the molecule is CCC[C@H]1Oc2ccccc2[C@@H]2CC(c3ccc4ccccc4c3)=NN12. The average Bonchev–Trinajstić information content (AvgIpc) is 3.14. The van der Waals surface area contributed by atoms with Crippen molar-refractivity contribution < 1.29 is 4.74 Å². The molecule has 130 valence electrons. The van der Waals surface area contributed by atoms with Gasteiger partial charge in [0.25, 0.3) is 0 Å². The molecule has 5 rings (SSSR count). The third-order valence-electron chi connectivity index (χ3n) is 5.40. The minimum absolute atomic E-state index is 0.0258. The monoisotopic (exact) mass is 342 g/mol. The molecule has 3 aromatic rings. The molecule has 0 saturated carbocycles. The Morgan fingerprint density at radius 1 is 1.00 bits per heavy atom. The van der Waals surface area contributed by atoms with Crippen molar-refractivity contribution in [3.8, 4) is 5.75 Å². The Balaban J connectivity index is 1.55. The van der Waals surface area contributed by atoms with Crippen LogP contribution in [0, 0.1) is 0 Å². The standard InChI is InChI=1S/C23H22N2O/c1-2-7-23-25-21(19-10-5-6-11-22(19)26-23)15-20(24-25)18-13-12-16-8-3-4-9-17(16)14-18/h3-6,8-14,21,23H,2,7,15H2,1H3/t21-,23+/m0/s1. The summed E-state index contributed by atoms with van der Waals surface area (Å²) < 4.78 is 6.26. The van der Waals surface area contributed by atoms with Crippen LogP contribution < -0.4 is 4.74 Å². The fourth-order valence-electron chi connectivity index (χ4n) is 4.09. The number of ether oxygens (including phenoxy) is 1. The van der Waals surface area contributed by atoms with E-state index >= 15 is 0 Å². The van der Waals surface area contributed by atoms with E-state index in [1.165, 1.54) is 21.9 Å². The molecule has 0 bridgehead atoms. The van der Waals surface area contributed by atoms with Crippen molar-refractivity contribution in [1.29, 1.82) is 0 Å². The van der Waals surface area contributed by atoms with E-state index in [1.54, 1.807) is 0 Å². The van der Waals surface area contributed by atoms with Crippen LogP contribution in [0.3, 0.4) is 0 Å². The van der Waals surface area contributed by atoms with Gasteiger partial charge in [0.1, 0.15) is 5.75 Å². The predicted molar refractivity (Wildman–Crippen MR) is 105 cm³/mol. The van der Waals surface area contributed by atoms with Crippen molar-refractivity contribution in [2.24, 2.45) is 5.10 Å². The average molecular weight is 342 g/mol. The van der Waals surface area contributed by atoms with Crippen LogP contribution in [0.1, 0.15) is 43.4 Å². The molecule has 0 aromatic heterocycles. The highest BCUT2D eigenvalue weighted by atomic mass is 16.5. The van der Waals surface area contributed by atoms with E-state index in [1.807, 2.05) is 0 Å². The molecule has 0 saturated heterocycles. The number of hydrogen-bond donors (Lipinski definition) is 0. The first-order valence-electron chi connectivity index (χ1n) is 9.44. The third-order valence-corrected chi connectivity index (χ3v) is 5.40. The lowest BCUT2D eigenvalue weighted by Gasteiger charge is -2.38. The topological polar surface area (TPSA) is 24.8 Å². The van der Waals surface area contributed by atoms with Gasteiger partial charge >= 0.3 is 0 Å². The zero-order valence-corrected chi connectivity index (χ0v) is 14.9. The van der Waals surface area contributed by atoms with E-state index in [-0.39, 0.29) is 12.3 Å². The summed E-state index contributed by atoms with van der Waals surface area (Å²) in [6.45, 7) is 2.20. The van der Waals surface area contributed by atoms with Gasteiger partial charge in [-0.15, -0.1) is 0 Å². The number of hydrogen-bond acceptors (Lipinski definition) is 3. The van der Waals surface area contributed by atoms with E-state index in [9.17, 15) is 0 Å². The lowest BCUT2D eigenvalue weighted by atomic mass is 9.95. The van der Waals surface area contributed by atoms with Crippen LogP contribution in [0.5, 0.6) is 5.75 Å². The lowest BCUT2D eigenvalue weighted by molar-refractivity contribution is -0.0223. The maximum absolute atomic E-state index is 6.26. The first-order chi connectivity index (χ1) is 12.8. The van der Waals surface area contributed by atoms with Crippen molar-refractivity contribution in [3.05, 3.63) is 77.9 Å². The minimum atomic E-state index is 0.0258. The van der Waals surface area contributed by atoms with Gasteiger partial charge < -0.3 is 4.74 Å². The van der Waals surface area contributed by atoms with Crippen molar-refractivity contribution in [1.82, 2.24) is 5.01 Å². The summed E-state index contributed by atoms with van der Waals surface area (Å²) >= 11 is 0. The maximum atomic E-state index is 6.26. The number of hydrazone groups is 1. The van der Waals surface area contributed by atoms with Crippen LogP contribution in [-0.4, -0.2) is 16.9 Å². The Labute approximate surface area is 153 Å². The fourth-order valence-corrected chi connectivity index (χ4v) is 4.09. The van der Waals surface area contributed by atoms with Gasteiger partial charge in [-0.05, 0) is 28.5 Å². The van der Waals surface area contributed by atoms with E-state index in [2.05, 4.69) is 78.7 Å². The van der Waals surface area contributed by atoms with Gasteiger partial charge in [-0.25, -0.2) is 0 Å². The zero-order chi connectivity index (χ0) is 17.5. The summed E-state index contributed by atoms with van der Waals surface area (Å²) in [5, 5.41) is 9.73. The molecule has 2 atom stereocenters. The molecule has 2 aliphatic rings. The molecule has 0 spiro atoms. The van der Waals surface area contributed by atoms with E-state index in [4.69, 9.17) is 9.84 Å². The van der Waals surface area contributed by atoms with Crippen molar-refractivity contribution in [2.75, 3.05) is 0 Å². The molecule has 0 fully saturated rings. The zero-order valence-electron chi connectivity index (χ0n) is 14.9. The number of rotatable bonds is 3. The summed E-state index contributed by atoms with van der Waals surface area (Å²) in [4.78, 5) is 0. The fraction of sp³-hybridized carbons (Fsp3) is 0.261. The maximum Gasteiger partial charge on any atom is 0.187 e. The Morgan fingerprint density at radius 2 is 1.81 bits per heavy atom. The first kappa shape index (κ1) is 15.4. The highest BCUT2D eigenvalue weighted by molar-refractivity contribution is 6.04. The Morgan fingerprint density at radius 3 is 2.69 bits per heavy atom. The van der Waals surface area contributed by atoms with Crippen LogP contribution in [0.4, 0.5) is 0 Å². The summed E-state index contributed by atoms with van der Waals surface area (Å²) in [5.41, 5.74) is 3.62. The van der Waals surface area contributed by atoms with E-state index < -0.39 is 0 Å². The van der Waals surface area contributed by atoms with Gasteiger partial charge in [0.2, 0.25) is 0 Å². The van der Waals surface area contributed by atoms with Crippen molar-refractivity contribution in [2.45, 2.75) is 38.5 Å². The van der Waals surface area contributed by atoms with Crippen LogP contribution in [-0.2, 0) is 0 Å². The molecule has 2 heterocycles. The van der Waals surface area contributed by atoms with Gasteiger partial charge in [-0.3, -0.25) is 5.01 Å². The molecule has 3 heteroatoms. The van der Waals surface area contributed by atoms with Crippen LogP contribution in [0.25, 0.3) is 10.8 Å². The highest BCUT2D eigenvalue weighted by Gasteiger charge is 2.39. The Hall–Kier alpha value is -2.81. The minimum Gasteiger partial charge on any atom is -0.469 e. The summed E-state index contributed by atoms with van der Waals surface area (Å²) in [7, 11) is 0. The molecular weight excluding hydrogens is 320 g/mol. The number of para-hydroxylation sites is 1. The molecule has 0 aliphatic carbocycles. The molecule has 26 heavy (non-hydrogen) atoms. The van der Waals surface area contributed by atoms with Gasteiger partial charge in [0, 0.05) is 18.4 Å². The van der Waals surface area contributed by atoms with Gasteiger partial charge in [-0.2, -0.15) is 5.10 Å². The second-order valence-electron chi connectivity index (χ2n) is 7.11. The van der Waals surface area contributed by atoms with Gasteiger partial charge in [0.05, 0.1) is 11.8 Å². The smallest absolute Gasteiger partial charge is 0.187 e. The highest BCUT2D eigenvalue weighted by Crippen LogP contribution is 2.43. The molecule has 2 aliphatic heterocycles. The van der Waals surface area contributed by atoms with Crippen LogP contribution in [0.2, 0.25) is 0 Å². The number of fused-ring (bicyclic) bond motifs is 4. The second-order valence-corrected chi connectivity index (χ2v) is 7.11. The van der Waals surface area contributed by atoms with Crippen molar-refractivity contribution >= 4 is 16.5 Å². The molecular formula is C23H22N2O. The lowest BCUT2D eigenvalue weighted by Crippen LogP contribution is -2.40. The largest absolute Gasteiger partial charge is 0.469 e. The summed E-state index contributed by atoms with van der Waals surface area (Å²) in [5.74, 6) is 1.02. The predicted octanol–water partition coefficient (Wildman–Crippen LogP) is 5.51. The van der Waals surface area contributed by atoms with Crippen molar-refractivity contribution in [3.63, 3.8) is 0 Å². The van der Waals surface area contributed by atoms with E-state index in [0.717, 1.165) is 30.7 Å². The first-order valence-corrected chi connectivity index (χ1v) is 9.44. The summed E-state index contributed by atoms with van der Waals surface area (Å²) in [6.07, 6.45) is 3.02. The van der Waals surface area contributed by atoms with Crippen LogP contribution >= 0.6 is 0 Å². The molecule has 0 radical (unpaired) electrons. The molecule has 3 aromatic carbocycles. The molecule has 3 nitrogen and oxygen atoms in total. The Bertz CT molecular complexity index is 994. The quantitative estimate of drug-likeness (QED) is 0.627. The van der Waals surface area contributed by atoms with Gasteiger partial charge in [0.15, 0.2) is 6.23 Å². The van der Waals surface area contributed by atoms with E-state index in [0.29, 0.717) is 0 Å². The second kappa shape index (κ2) is 6.17. The summed E-state index contributed by atoms with van der Waals surface area (Å²) in [6, 6.07) is 23.8. The Kier molecular flexibility index (Phi) is 3.66. The number of benzene rings is 3. The van der Waals surface area contributed by atoms with Gasteiger partial charge in [-0.1, -0.05) is 67.9 Å². The molecule has 0 amide bonds. The number of nitrogens with zero attached hydrogens (tertiary/aromatic N) is 2. The van der Waals surface area contributed by atoms with Crippen LogP contribution in [0.15, 0.2) is 71.8 Å². The molecule has 0 N–H and O–H groups in total.